The Labute approximate surface area is 474 Å². The lowest BCUT2D eigenvalue weighted by Crippen LogP contribution is -2.45. The highest BCUT2D eigenvalue weighted by Gasteiger charge is 2.39. The fourth-order valence-electron chi connectivity index (χ4n) is 7.98. The number of ether oxygens (including phenoxy) is 8. The Balaban J connectivity index is 0.999. The van der Waals surface area contributed by atoms with E-state index in [0.717, 1.165) is 28.7 Å². The third kappa shape index (κ3) is 27.6. The predicted octanol–water partition coefficient (Wildman–Crippen LogP) is 3.99. The first-order valence-electron chi connectivity index (χ1n) is 27.0. The van der Waals surface area contributed by atoms with Gasteiger partial charge in [-0.2, -0.15) is 0 Å². The van der Waals surface area contributed by atoms with Gasteiger partial charge in [-0.05, 0) is 35.6 Å². The van der Waals surface area contributed by atoms with Gasteiger partial charge in [0.05, 0.1) is 123 Å². The molecule has 1 aromatic heterocycles. The second-order valence-corrected chi connectivity index (χ2v) is 21.1. The molecule has 26 heteroatoms. The summed E-state index contributed by atoms with van der Waals surface area (Å²) in [7, 11) is 0. The van der Waals surface area contributed by atoms with Gasteiger partial charge in [0.2, 0.25) is 17.7 Å². The van der Waals surface area contributed by atoms with Crippen LogP contribution in [0.2, 0.25) is 0 Å². The Kier molecular flexibility index (Phi) is 32.3. The Morgan fingerprint density at radius 1 is 0.679 bits per heavy atom. The molecular formula is C55H81F2N7O16S. The van der Waals surface area contributed by atoms with Crippen molar-refractivity contribution in [3.05, 3.63) is 89.9 Å². The summed E-state index contributed by atoms with van der Waals surface area (Å²) in [5, 5.41) is 17.0. The van der Waals surface area contributed by atoms with Crippen LogP contribution in [-0.4, -0.2) is 215 Å². The van der Waals surface area contributed by atoms with Gasteiger partial charge in [0.1, 0.15) is 17.5 Å². The highest BCUT2D eigenvalue weighted by atomic mass is 32.2. The van der Waals surface area contributed by atoms with Crippen LogP contribution in [0, 0.1) is 17.0 Å². The number of amides is 6. The van der Waals surface area contributed by atoms with E-state index in [1.54, 1.807) is 15.7 Å². The number of imidazole rings is 1. The lowest BCUT2D eigenvalue weighted by Gasteiger charge is -2.40. The van der Waals surface area contributed by atoms with Crippen molar-refractivity contribution in [1.82, 2.24) is 35.3 Å². The predicted molar refractivity (Wildman–Crippen MR) is 297 cm³/mol. The summed E-state index contributed by atoms with van der Waals surface area (Å²) in [5.41, 5.74) is 0.311. The van der Waals surface area contributed by atoms with Gasteiger partial charge in [0.25, 0.3) is 11.8 Å². The summed E-state index contributed by atoms with van der Waals surface area (Å²) in [5.74, 6) is -2.86. The topological polar surface area (TPSA) is 277 Å². The Bertz CT molecular complexity index is 2380. The summed E-state index contributed by atoms with van der Waals surface area (Å²) in [6.07, 6.45) is 3.11. The highest BCUT2D eigenvalue weighted by molar-refractivity contribution is 8.12. The number of benzene rings is 2. The molecule has 0 spiro atoms. The van der Waals surface area contributed by atoms with E-state index in [4.69, 9.17) is 42.9 Å². The molecule has 0 radical (unpaired) electrons. The van der Waals surface area contributed by atoms with Gasteiger partial charge in [0, 0.05) is 81.8 Å². The molecule has 81 heavy (non-hydrogen) atoms. The maximum Gasteiger partial charge on any atom is 0.404 e. The summed E-state index contributed by atoms with van der Waals surface area (Å²) in [6.45, 7) is 12.3. The number of halogens is 2. The van der Waals surface area contributed by atoms with Crippen molar-refractivity contribution in [3.8, 4) is 11.3 Å². The number of hydrogen-bond acceptors (Lipinski definition) is 16. The van der Waals surface area contributed by atoms with Gasteiger partial charge in [-0.25, -0.2) is 18.6 Å². The number of carboxylic acid groups (broad SMARTS) is 1. The standard InChI is InChI=1S/C55H81F2N7O16S/c1-55(2,3)52(53-61-46(44-38-43(56)10-11-45(44)57)40-62(53)39-42-8-5-4-6-9-42)64(19-7-16-60-54(70)71)51(69)41-81(72)37-18-59-48(66)15-21-73-23-25-75-27-29-77-31-33-79-35-36-80-34-32-78-30-28-76-26-24-74-22-17-58-47(65)14-20-63-49(67)12-13-50(63)68/h4-6,8-13,38,40,52,60,72,81H,7,14-37,39,41H2,1-3H3,(H,58,65)(H,59,66)(H,70,71)/t52-/m0/s1. The molecule has 1 unspecified atom stereocenters. The first kappa shape index (κ1) is 67.6. The van der Waals surface area contributed by atoms with E-state index in [0.29, 0.717) is 111 Å². The summed E-state index contributed by atoms with van der Waals surface area (Å²) >= 11 is -1.90. The first-order valence-corrected chi connectivity index (χ1v) is 28.6. The average molecular weight is 1170 g/mol. The Morgan fingerprint density at radius 3 is 1.74 bits per heavy atom. The minimum atomic E-state index is -1.90. The normalized spacial score (nSPS) is 13.4. The zero-order chi connectivity index (χ0) is 58.7. The number of nitrogens with zero attached hydrogens (tertiary/aromatic N) is 4. The van der Waals surface area contributed by atoms with Gasteiger partial charge < -0.3 is 73.0 Å². The largest absolute Gasteiger partial charge is 0.465 e. The number of carbonyl (C=O) groups excluding carboxylic acids is 5. The smallest absolute Gasteiger partial charge is 0.404 e. The van der Waals surface area contributed by atoms with Crippen LogP contribution in [0.4, 0.5) is 13.6 Å². The van der Waals surface area contributed by atoms with Crippen molar-refractivity contribution in [1.29, 1.82) is 0 Å². The minimum Gasteiger partial charge on any atom is -0.465 e. The van der Waals surface area contributed by atoms with Crippen molar-refractivity contribution in [2.45, 2.75) is 52.6 Å². The third-order valence-electron chi connectivity index (χ3n) is 11.9. The second kappa shape index (κ2) is 38.7. The molecule has 1 aliphatic rings. The van der Waals surface area contributed by atoms with Crippen molar-refractivity contribution < 1.29 is 85.1 Å². The molecule has 0 aliphatic carbocycles. The molecule has 5 N–H and O–H groups in total. The number of aromatic nitrogens is 2. The zero-order valence-electron chi connectivity index (χ0n) is 46.6. The van der Waals surface area contributed by atoms with Crippen molar-refractivity contribution in [2.75, 3.05) is 150 Å². The van der Waals surface area contributed by atoms with Crippen LogP contribution in [0.25, 0.3) is 11.3 Å². The maximum absolute atomic E-state index is 15.2. The first-order chi connectivity index (χ1) is 39.0. The molecule has 0 saturated carbocycles. The SMILES string of the molecule is CC(C)(C)[C@H](c1nc(-c2cc(F)ccc2F)cn1Cc1ccccc1)N(CCCNC(=O)O)C(=O)C[SH](O)CCNC(=O)CCOCCOCCOCCOCCOCCOCCOCCOCCNC(=O)CCN1C(=O)C=CC1=O. The molecule has 0 fully saturated rings. The molecule has 2 heterocycles. The summed E-state index contributed by atoms with van der Waals surface area (Å²) in [4.78, 5) is 80.5. The van der Waals surface area contributed by atoms with E-state index in [2.05, 4.69) is 16.0 Å². The number of thiol groups is 1. The van der Waals surface area contributed by atoms with Gasteiger partial charge >= 0.3 is 6.09 Å². The average Bonchev–Trinajstić information content (AvgIpc) is 4.17. The number of nitrogens with one attached hydrogen (secondary N) is 3. The number of imide groups is 1. The second-order valence-electron chi connectivity index (χ2n) is 19.3. The van der Waals surface area contributed by atoms with Gasteiger partial charge in [-0.3, -0.25) is 28.9 Å². The Hall–Kier alpha value is -5.94. The number of hydrogen-bond donors (Lipinski definition) is 6. The maximum atomic E-state index is 15.2. The number of rotatable bonds is 44. The van der Waals surface area contributed by atoms with Gasteiger partial charge in [0.15, 0.2) is 0 Å². The van der Waals surface area contributed by atoms with E-state index in [1.807, 2.05) is 51.1 Å². The lowest BCUT2D eigenvalue weighted by molar-refractivity contribution is -0.137. The van der Waals surface area contributed by atoms with E-state index in [-0.39, 0.29) is 93.2 Å². The third-order valence-corrected chi connectivity index (χ3v) is 13.3. The van der Waals surface area contributed by atoms with Crippen LogP contribution >= 0.6 is 11.2 Å². The summed E-state index contributed by atoms with van der Waals surface area (Å²) in [6, 6.07) is 11.8. The molecule has 2 aromatic carbocycles. The molecule has 2 atom stereocenters. The molecule has 0 saturated heterocycles. The van der Waals surface area contributed by atoms with Crippen molar-refractivity contribution in [3.63, 3.8) is 0 Å². The highest BCUT2D eigenvalue weighted by Crippen LogP contribution is 2.40. The molecule has 6 amide bonds. The molecule has 3 aromatic rings. The molecule has 4 rings (SSSR count). The van der Waals surface area contributed by atoms with E-state index in [1.165, 1.54) is 12.2 Å². The van der Waals surface area contributed by atoms with Gasteiger partial charge in [-0.1, -0.05) is 51.1 Å². The fourth-order valence-corrected chi connectivity index (χ4v) is 9.00. The van der Waals surface area contributed by atoms with Crippen LogP contribution < -0.4 is 16.0 Å². The monoisotopic (exact) mass is 1170 g/mol. The minimum absolute atomic E-state index is 0.0275. The summed E-state index contributed by atoms with van der Waals surface area (Å²) < 4.78 is 86.4. The van der Waals surface area contributed by atoms with Crippen LogP contribution in [-0.2, 0) is 68.4 Å². The molecule has 0 bridgehead atoms. The van der Waals surface area contributed by atoms with Crippen molar-refractivity contribution in [2.24, 2.45) is 5.41 Å². The van der Waals surface area contributed by atoms with E-state index in [9.17, 15) is 42.8 Å². The number of carbonyl (C=O) groups is 6. The van der Waals surface area contributed by atoms with E-state index < -0.39 is 58.1 Å². The van der Waals surface area contributed by atoms with Crippen molar-refractivity contribution >= 4 is 46.8 Å². The molecule has 1 aliphatic heterocycles. The van der Waals surface area contributed by atoms with Crippen LogP contribution in [0.5, 0.6) is 0 Å². The Morgan fingerprint density at radius 2 is 1.20 bits per heavy atom. The van der Waals surface area contributed by atoms with Crippen LogP contribution in [0.3, 0.4) is 0 Å². The zero-order valence-corrected chi connectivity index (χ0v) is 47.5. The van der Waals surface area contributed by atoms with Crippen LogP contribution in [0.1, 0.15) is 57.5 Å². The lowest BCUT2D eigenvalue weighted by atomic mass is 9.84. The molecule has 23 nitrogen and oxygen atoms in total. The van der Waals surface area contributed by atoms with Crippen LogP contribution in [0.15, 0.2) is 66.9 Å². The fraction of sp³-hybridized carbons (Fsp3) is 0.582. The van der Waals surface area contributed by atoms with E-state index >= 15 is 4.39 Å². The van der Waals surface area contributed by atoms with Gasteiger partial charge in [-0.15, -0.1) is 11.2 Å². The molecule has 452 valence electrons. The molecular weight excluding hydrogens is 1080 g/mol. The quantitative estimate of drug-likeness (QED) is 0.0265.